The zero-order chi connectivity index (χ0) is 7.68. The largest absolute Gasteiger partial charge is 0.374 e. The lowest BCUT2D eigenvalue weighted by molar-refractivity contribution is 0.138. The lowest BCUT2D eigenvalue weighted by Gasteiger charge is -2.23. The lowest BCUT2D eigenvalue weighted by atomic mass is 10.2. The number of nitrogens with zero attached hydrogens (tertiary/aromatic N) is 1. The average molecular weight is 151 g/mol. The molecular formula is C7H9N3O. The molecule has 0 saturated heterocycles. The van der Waals surface area contributed by atoms with Gasteiger partial charge in [-0.2, -0.15) is 0 Å². The first-order chi connectivity index (χ1) is 5.38. The average Bonchev–Trinajstić information content (AvgIpc) is 2.06. The summed E-state index contributed by atoms with van der Waals surface area (Å²) in [4.78, 5) is 3.91. The molecular weight excluding hydrogens is 142 g/mol. The molecule has 0 saturated carbocycles. The molecule has 4 heteroatoms. The monoisotopic (exact) mass is 151 g/mol. The van der Waals surface area contributed by atoms with E-state index in [-0.39, 0.29) is 0 Å². The summed E-state index contributed by atoms with van der Waals surface area (Å²) in [5.74, 6) is 0. The molecule has 11 heavy (non-hydrogen) atoms. The van der Waals surface area contributed by atoms with Crippen LogP contribution in [0.4, 0.5) is 5.69 Å². The van der Waals surface area contributed by atoms with Crippen molar-refractivity contribution in [1.82, 2.24) is 10.3 Å². The fourth-order valence-electron chi connectivity index (χ4n) is 1.14. The van der Waals surface area contributed by atoms with Gasteiger partial charge >= 0.3 is 0 Å². The van der Waals surface area contributed by atoms with Crippen LogP contribution in [-0.4, -0.2) is 16.8 Å². The Morgan fingerprint density at radius 2 is 2.55 bits per heavy atom. The number of rotatable bonds is 0. The van der Waals surface area contributed by atoms with E-state index < -0.39 is 6.23 Å². The number of hydrogen-bond donors (Lipinski definition) is 3. The van der Waals surface area contributed by atoms with Gasteiger partial charge in [0.1, 0.15) is 6.23 Å². The van der Waals surface area contributed by atoms with Gasteiger partial charge in [0, 0.05) is 23.6 Å². The summed E-state index contributed by atoms with van der Waals surface area (Å²) in [5, 5.41) is 15.3. The smallest absolute Gasteiger partial charge is 0.135 e. The van der Waals surface area contributed by atoms with Crippen LogP contribution in [0.2, 0.25) is 0 Å². The molecule has 0 radical (unpaired) electrons. The summed E-state index contributed by atoms with van der Waals surface area (Å²) >= 11 is 0. The highest BCUT2D eigenvalue weighted by molar-refractivity contribution is 5.51. The van der Waals surface area contributed by atoms with E-state index >= 15 is 0 Å². The molecule has 1 aliphatic heterocycles. The summed E-state index contributed by atoms with van der Waals surface area (Å²) in [7, 11) is 0. The van der Waals surface area contributed by atoms with Gasteiger partial charge in [-0.3, -0.25) is 10.3 Å². The fourth-order valence-corrected chi connectivity index (χ4v) is 1.14. The molecule has 58 valence electrons. The molecule has 1 aliphatic rings. The van der Waals surface area contributed by atoms with Crippen molar-refractivity contribution < 1.29 is 5.11 Å². The molecule has 1 unspecified atom stereocenters. The number of anilines is 1. The topological polar surface area (TPSA) is 57.2 Å². The second-order valence-electron chi connectivity index (χ2n) is 2.42. The van der Waals surface area contributed by atoms with Crippen LogP contribution in [0.25, 0.3) is 0 Å². The molecule has 0 spiro atoms. The van der Waals surface area contributed by atoms with Crippen LogP contribution in [0.3, 0.4) is 0 Å². The molecule has 0 aliphatic carbocycles. The van der Waals surface area contributed by atoms with Gasteiger partial charge < -0.3 is 10.4 Å². The molecule has 0 bridgehead atoms. The quantitative estimate of drug-likeness (QED) is 0.490. The van der Waals surface area contributed by atoms with Gasteiger partial charge in [0.05, 0.1) is 6.67 Å². The molecule has 4 nitrogen and oxygen atoms in total. The number of aliphatic hydroxyl groups is 1. The SMILES string of the molecule is OC1NCNc2ccncc21. The lowest BCUT2D eigenvalue weighted by Crippen LogP contribution is -2.32. The van der Waals surface area contributed by atoms with Crippen LogP contribution in [-0.2, 0) is 0 Å². The van der Waals surface area contributed by atoms with E-state index in [2.05, 4.69) is 15.6 Å². The number of pyridine rings is 1. The third-order valence-corrected chi connectivity index (χ3v) is 1.72. The van der Waals surface area contributed by atoms with Crippen LogP contribution >= 0.6 is 0 Å². The van der Waals surface area contributed by atoms with Crippen LogP contribution in [0.1, 0.15) is 11.8 Å². The maximum Gasteiger partial charge on any atom is 0.135 e. The van der Waals surface area contributed by atoms with E-state index in [1.165, 1.54) is 0 Å². The van der Waals surface area contributed by atoms with E-state index in [4.69, 9.17) is 0 Å². The molecule has 1 atom stereocenters. The molecule has 0 fully saturated rings. The maximum absolute atomic E-state index is 9.37. The Morgan fingerprint density at radius 1 is 1.64 bits per heavy atom. The highest BCUT2D eigenvalue weighted by atomic mass is 16.3. The van der Waals surface area contributed by atoms with Gasteiger partial charge in [0.2, 0.25) is 0 Å². The molecule has 1 aromatic heterocycles. The van der Waals surface area contributed by atoms with Crippen molar-refractivity contribution in [2.45, 2.75) is 6.23 Å². The van der Waals surface area contributed by atoms with Gasteiger partial charge in [-0.05, 0) is 6.07 Å². The third-order valence-electron chi connectivity index (χ3n) is 1.72. The molecule has 0 amide bonds. The highest BCUT2D eigenvalue weighted by Gasteiger charge is 2.15. The van der Waals surface area contributed by atoms with Crippen molar-refractivity contribution >= 4 is 5.69 Å². The standard InChI is InChI=1S/C7H9N3O/c11-7-5-3-8-2-1-6(5)9-4-10-7/h1-3,7,9-11H,4H2. The minimum atomic E-state index is -0.583. The van der Waals surface area contributed by atoms with Crippen LogP contribution < -0.4 is 10.6 Å². The number of aliphatic hydroxyl groups excluding tert-OH is 1. The van der Waals surface area contributed by atoms with Crippen molar-refractivity contribution in [3.05, 3.63) is 24.0 Å². The summed E-state index contributed by atoms with van der Waals surface area (Å²) in [6, 6.07) is 1.85. The first kappa shape index (κ1) is 6.57. The summed E-state index contributed by atoms with van der Waals surface area (Å²) in [6.07, 6.45) is 2.77. The van der Waals surface area contributed by atoms with Gasteiger partial charge in [-0.15, -0.1) is 0 Å². The predicted octanol–water partition coefficient (Wildman–Crippen LogP) is 0.0451. The van der Waals surface area contributed by atoms with E-state index in [0.717, 1.165) is 11.3 Å². The van der Waals surface area contributed by atoms with E-state index in [0.29, 0.717) is 6.67 Å². The maximum atomic E-state index is 9.37. The van der Waals surface area contributed by atoms with Gasteiger partial charge in [-0.1, -0.05) is 0 Å². The molecule has 2 rings (SSSR count). The Morgan fingerprint density at radius 3 is 3.36 bits per heavy atom. The minimum absolute atomic E-state index is 0.583. The second-order valence-corrected chi connectivity index (χ2v) is 2.42. The van der Waals surface area contributed by atoms with Crippen LogP contribution in [0, 0.1) is 0 Å². The van der Waals surface area contributed by atoms with E-state index in [9.17, 15) is 5.11 Å². The Hall–Kier alpha value is -1.13. The van der Waals surface area contributed by atoms with E-state index in [1.807, 2.05) is 6.07 Å². The van der Waals surface area contributed by atoms with Crippen molar-refractivity contribution in [3.8, 4) is 0 Å². The third kappa shape index (κ3) is 1.06. The highest BCUT2D eigenvalue weighted by Crippen LogP contribution is 2.21. The van der Waals surface area contributed by atoms with Crippen LogP contribution in [0.15, 0.2) is 18.5 Å². The number of fused-ring (bicyclic) bond motifs is 1. The summed E-state index contributed by atoms with van der Waals surface area (Å²) < 4.78 is 0. The van der Waals surface area contributed by atoms with Crippen molar-refractivity contribution in [1.29, 1.82) is 0 Å². The normalized spacial score (nSPS) is 22.1. The van der Waals surface area contributed by atoms with E-state index in [1.54, 1.807) is 12.4 Å². The van der Waals surface area contributed by atoms with Crippen LogP contribution in [0.5, 0.6) is 0 Å². The second kappa shape index (κ2) is 2.48. The Bertz CT molecular complexity index is 264. The minimum Gasteiger partial charge on any atom is -0.374 e. The number of nitrogens with one attached hydrogen (secondary N) is 2. The molecule has 0 aromatic carbocycles. The zero-order valence-corrected chi connectivity index (χ0v) is 5.91. The number of aromatic nitrogens is 1. The molecule has 3 N–H and O–H groups in total. The first-order valence-electron chi connectivity index (χ1n) is 3.47. The van der Waals surface area contributed by atoms with Crippen molar-refractivity contribution in [2.24, 2.45) is 0 Å². The molecule has 2 heterocycles. The molecule has 1 aromatic rings. The summed E-state index contributed by atoms with van der Waals surface area (Å²) in [6.45, 7) is 0.595. The van der Waals surface area contributed by atoms with Gasteiger partial charge in [0.15, 0.2) is 0 Å². The Balaban J connectivity index is 2.44. The van der Waals surface area contributed by atoms with Crippen molar-refractivity contribution in [3.63, 3.8) is 0 Å². The fraction of sp³-hybridized carbons (Fsp3) is 0.286. The zero-order valence-electron chi connectivity index (χ0n) is 5.91. The first-order valence-corrected chi connectivity index (χ1v) is 3.47. The Labute approximate surface area is 64.3 Å². The van der Waals surface area contributed by atoms with Crippen molar-refractivity contribution in [2.75, 3.05) is 12.0 Å². The summed E-state index contributed by atoms with van der Waals surface area (Å²) in [5.41, 5.74) is 1.75. The van der Waals surface area contributed by atoms with Gasteiger partial charge in [-0.25, -0.2) is 0 Å². The Kier molecular flexibility index (Phi) is 1.48. The number of hydrogen-bond acceptors (Lipinski definition) is 4. The van der Waals surface area contributed by atoms with Gasteiger partial charge in [0.25, 0.3) is 0 Å². The predicted molar refractivity (Wildman–Crippen MR) is 40.8 cm³/mol.